The Hall–Kier alpha value is -3.49. The summed E-state index contributed by atoms with van der Waals surface area (Å²) in [4.78, 5) is 20.3. The van der Waals surface area contributed by atoms with Crippen molar-refractivity contribution in [3.05, 3.63) is 70.8 Å². The normalized spacial score (nSPS) is 13.0. The molecule has 2 aromatic carbocycles. The minimum absolute atomic E-state index is 0.0280. The molecule has 4 rings (SSSR count). The largest absolute Gasteiger partial charge is 0.453 e. The van der Waals surface area contributed by atoms with Crippen molar-refractivity contribution in [3.63, 3.8) is 0 Å². The summed E-state index contributed by atoms with van der Waals surface area (Å²) in [6.45, 7) is 5.13. The summed E-state index contributed by atoms with van der Waals surface area (Å²) in [7, 11) is 0. The van der Waals surface area contributed by atoms with Crippen molar-refractivity contribution >= 4 is 22.5 Å². The van der Waals surface area contributed by atoms with E-state index in [2.05, 4.69) is 20.4 Å². The maximum atomic E-state index is 12.9. The summed E-state index contributed by atoms with van der Waals surface area (Å²) < 4.78 is 39.9. The van der Waals surface area contributed by atoms with Gasteiger partial charge in [-0.3, -0.25) is 4.79 Å². The van der Waals surface area contributed by atoms with Gasteiger partial charge in [-0.05, 0) is 43.2 Å². The lowest BCUT2D eigenvalue weighted by Gasteiger charge is -2.16. The molecule has 160 valence electrons. The van der Waals surface area contributed by atoms with Gasteiger partial charge in [-0.1, -0.05) is 36.4 Å². The second kappa shape index (κ2) is 7.64. The molecule has 0 bridgehead atoms. The molecule has 0 saturated heterocycles. The summed E-state index contributed by atoms with van der Waals surface area (Å²) in [6, 6.07) is 13.7. The van der Waals surface area contributed by atoms with Crippen LogP contribution in [0.15, 0.2) is 42.5 Å². The molecule has 1 atom stereocenters. The van der Waals surface area contributed by atoms with Gasteiger partial charge in [0, 0.05) is 17.0 Å². The van der Waals surface area contributed by atoms with E-state index < -0.39 is 12.0 Å². The van der Waals surface area contributed by atoms with Crippen molar-refractivity contribution in [1.82, 2.24) is 24.9 Å². The Morgan fingerprint density at radius 1 is 1.10 bits per heavy atom. The molecule has 0 spiro atoms. The molecule has 6 nitrogen and oxygen atoms in total. The number of halogens is 3. The smallest absolute Gasteiger partial charge is 0.349 e. The fraction of sp³-hybridized carbons (Fsp3) is 0.273. The number of carbonyl (C=O) groups is 1. The molecule has 31 heavy (non-hydrogen) atoms. The van der Waals surface area contributed by atoms with Crippen LogP contribution in [0.4, 0.5) is 13.2 Å². The quantitative estimate of drug-likeness (QED) is 0.526. The highest BCUT2D eigenvalue weighted by atomic mass is 19.4. The van der Waals surface area contributed by atoms with E-state index in [1.807, 2.05) is 49.4 Å². The van der Waals surface area contributed by atoms with Crippen LogP contribution in [-0.4, -0.2) is 25.5 Å². The number of carbonyl (C=O) groups excluding carboxylic acids is 1. The molecule has 2 aromatic heterocycles. The Kier molecular flexibility index (Phi) is 5.12. The molecular weight excluding hydrogens is 407 g/mol. The number of rotatable bonds is 4. The number of aryl methyl sites for hydroxylation is 2. The van der Waals surface area contributed by atoms with Crippen LogP contribution in [0.25, 0.3) is 16.6 Å². The molecule has 1 amide bonds. The van der Waals surface area contributed by atoms with Gasteiger partial charge >= 0.3 is 6.18 Å². The molecular formula is C22H20F3N5O. The number of amides is 1. The van der Waals surface area contributed by atoms with Crippen molar-refractivity contribution < 1.29 is 18.0 Å². The molecule has 9 heteroatoms. The molecule has 0 aliphatic rings. The minimum atomic E-state index is -4.67. The van der Waals surface area contributed by atoms with Crippen LogP contribution >= 0.6 is 0 Å². The highest BCUT2D eigenvalue weighted by molar-refractivity contribution is 5.84. The van der Waals surface area contributed by atoms with Gasteiger partial charge in [0.05, 0.1) is 12.5 Å². The lowest BCUT2D eigenvalue weighted by Crippen LogP contribution is -2.29. The molecule has 0 aliphatic carbocycles. The highest BCUT2D eigenvalue weighted by Crippen LogP contribution is 2.27. The molecule has 1 unspecified atom stereocenters. The Balaban J connectivity index is 1.56. The second-order valence-electron chi connectivity index (χ2n) is 7.48. The van der Waals surface area contributed by atoms with Gasteiger partial charge in [0.2, 0.25) is 5.91 Å². The zero-order valence-electron chi connectivity index (χ0n) is 17.2. The van der Waals surface area contributed by atoms with E-state index in [0.29, 0.717) is 17.0 Å². The average molecular weight is 427 g/mol. The van der Waals surface area contributed by atoms with Gasteiger partial charge < -0.3 is 5.32 Å². The monoisotopic (exact) mass is 427 g/mol. The van der Waals surface area contributed by atoms with Crippen LogP contribution in [0.5, 0.6) is 0 Å². The Morgan fingerprint density at radius 2 is 1.81 bits per heavy atom. The molecule has 0 aliphatic heterocycles. The lowest BCUT2D eigenvalue weighted by atomic mass is 10.0. The third-order valence-electron chi connectivity index (χ3n) is 5.29. The topological polar surface area (TPSA) is 72.2 Å². The van der Waals surface area contributed by atoms with Crippen LogP contribution in [0, 0.1) is 13.8 Å². The van der Waals surface area contributed by atoms with Crippen LogP contribution in [0.1, 0.15) is 41.3 Å². The van der Waals surface area contributed by atoms with Gasteiger partial charge in [0.15, 0.2) is 0 Å². The fourth-order valence-corrected chi connectivity index (χ4v) is 3.60. The first-order chi connectivity index (χ1) is 14.6. The highest BCUT2D eigenvalue weighted by Gasteiger charge is 2.37. The summed E-state index contributed by atoms with van der Waals surface area (Å²) in [5, 5.41) is 8.66. The lowest BCUT2D eigenvalue weighted by molar-refractivity contribution is -0.144. The van der Waals surface area contributed by atoms with Crippen molar-refractivity contribution in [2.45, 2.75) is 39.4 Å². The van der Waals surface area contributed by atoms with Gasteiger partial charge in [0.1, 0.15) is 0 Å². The zero-order chi connectivity index (χ0) is 22.3. The number of aromatic nitrogens is 4. The van der Waals surface area contributed by atoms with E-state index in [0.717, 1.165) is 20.9 Å². The third kappa shape index (κ3) is 4.08. The summed E-state index contributed by atoms with van der Waals surface area (Å²) in [6.07, 6.45) is -4.69. The average Bonchev–Trinajstić information content (AvgIpc) is 3.15. The van der Waals surface area contributed by atoms with Crippen LogP contribution < -0.4 is 5.32 Å². The van der Waals surface area contributed by atoms with Gasteiger partial charge in [-0.2, -0.15) is 18.2 Å². The van der Waals surface area contributed by atoms with E-state index in [-0.39, 0.29) is 24.1 Å². The molecule has 0 fully saturated rings. The van der Waals surface area contributed by atoms with E-state index in [9.17, 15) is 18.0 Å². The second-order valence-corrected chi connectivity index (χ2v) is 7.48. The van der Waals surface area contributed by atoms with Crippen LogP contribution in [0.3, 0.4) is 0 Å². The number of alkyl halides is 3. The Labute approximate surface area is 176 Å². The number of nitrogens with zero attached hydrogens (tertiary/aromatic N) is 4. The SMILES string of the molecule is Cc1nc2nc(C(F)(F)F)nn2c(C)c1CC(=O)NC(C)c1ccc2ccccc2c1. The molecule has 0 saturated carbocycles. The number of benzene rings is 2. The van der Waals surface area contributed by atoms with Crippen molar-refractivity contribution in [2.75, 3.05) is 0 Å². The maximum absolute atomic E-state index is 12.9. The maximum Gasteiger partial charge on any atom is 0.453 e. The van der Waals surface area contributed by atoms with Crippen molar-refractivity contribution in [1.29, 1.82) is 0 Å². The molecule has 1 N–H and O–H groups in total. The summed E-state index contributed by atoms with van der Waals surface area (Å²) >= 11 is 0. The summed E-state index contributed by atoms with van der Waals surface area (Å²) in [5.41, 5.74) is 2.33. The predicted molar refractivity (Wildman–Crippen MR) is 109 cm³/mol. The number of hydrogen-bond donors (Lipinski definition) is 1. The first-order valence-corrected chi connectivity index (χ1v) is 9.71. The molecule has 0 radical (unpaired) electrons. The molecule has 4 aromatic rings. The number of nitrogens with one attached hydrogen (secondary N) is 1. The van der Waals surface area contributed by atoms with Crippen LogP contribution in [0.2, 0.25) is 0 Å². The van der Waals surface area contributed by atoms with E-state index in [1.165, 1.54) is 0 Å². The van der Waals surface area contributed by atoms with E-state index >= 15 is 0 Å². The van der Waals surface area contributed by atoms with Gasteiger partial charge in [-0.25, -0.2) is 9.50 Å². The minimum Gasteiger partial charge on any atom is -0.349 e. The fourth-order valence-electron chi connectivity index (χ4n) is 3.60. The summed E-state index contributed by atoms with van der Waals surface area (Å²) in [5.74, 6) is -1.66. The first kappa shape index (κ1) is 20.8. The zero-order valence-corrected chi connectivity index (χ0v) is 17.2. The number of fused-ring (bicyclic) bond motifs is 2. The predicted octanol–water partition coefficient (Wildman–Crippen LogP) is 4.33. The molecule has 2 heterocycles. The van der Waals surface area contributed by atoms with Gasteiger partial charge in [0.25, 0.3) is 11.6 Å². The first-order valence-electron chi connectivity index (χ1n) is 9.71. The van der Waals surface area contributed by atoms with Gasteiger partial charge in [-0.15, -0.1) is 5.10 Å². The Morgan fingerprint density at radius 3 is 2.52 bits per heavy atom. The van der Waals surface area contributed by atoms with Crippen molar-refractivity contribution in [2.24, 2.45) is 0 Å². The Bertz CT molecular complexity index is 1300. The third-order valence-corrected chi connectivity index (χ3v) is 5.29. The van der Waals surface area contributed by atoms with Crippen molar-refractivity contribution in [3.8, 4) is 0 Å². The number of hydrogen-bond acceptors (Lipinski definition) is 4. The van der Waals surface area contributed by atoms with Crippen LogP contribution in [-0.2, 0) is 17.4 Å². The van der Waals surface area contributed by atoms with E-state index in [4.69, 9.17) is 0 Å². The van der Waals surface area contributed by atoms with E-state index in [1.54, 1.807) is 13.8 Å². The standard InChI is InChI=1S/C22H20F3N5O/c1-12(16-9-8-15-6-4-5-7-17(15)10-16)26-19(31)11-18-13(2)27-21-28-20(22(23,24)25)29-30(21)14(18)3/h4-10,12H,11H2,1-3H3,(H,26,31).